The highest BCUT2D eigenvalue weighted by atomic mass is 15.6. The van der Waals surface area contributed by atoms with Gasteiger partial charge >= 0.3 is 0 Å². The average molecular weight is 275 g/mol. The van der Waals surface area contributed by atoms with Crippen LogP contribution in [0.1, 0.15) is 51.3 Å². The molecule has 5 nitrogen and oxygen atoms in total. The maximum Gasteiger partial charge on any atom is 0.152 e. The Labute approximate surface area is 120 Å². The second kappa shape index (κ2) is 4.52. The highest BCUT2D eigenvalue weighted by molar-refractivity contribution is 5.06. The van der Waals surface area contributed by atoms with E-state index in [0.717, 1.165) is 30.0 Å². The molecule has 20 heavy (non-hydrogen) atoms. The summed E-state index contributed by atoms with van der Waals surface area (Å²) in [5.74, 6) is 4.28. The minimum absolute atomic E-state index is 0.238. The van der Waals surface area contributed by atoms with E-state index < -0.39 is 0 Å². The predicted molar refractivity (Wildman–Crippen MR) is 75.9 cm³/mol. The predicted octanol–water partition coefficient (Wildman–Crippen LogP) is 1.74. The Morgan fingerprint density at radius 2 is 1.80 bits per heavy atom. The van der Waals surface area contributed by atoms with E-state index in [-0.39, 0.29) is 5.54 Å². The van der Waals surface area contributed by atoms with Crippen molar-refractivity contribution in [2.24, 2.45) is 29.4 Å². The van der Waals surface area contributed by atoms with Gasteiger partial charge in [0.2, 0.25) is 0 Å². The maximum absolute atomic E-state index is 5.77. The largest absolute Gasteiger partial charge is 0.330 e. The van der Waals surface area contributed by atoms with E-state index in [4.69, 9.17) is 5.73 Å². The van der Waals surface area contributed by atoms with Gasteiger partial charge in [0.05, 0.1) is 5.54 Å². The second-order valence-electron chi connectivity index (χ2n) is 7.69. The van der Waals surface area contributed by atoms with Crippen molar-refractivity contribution in [1.82, 2.24) is 20.2 Å². The zero-order chi connectivity index (χ0) is 13.7. The SMILES string of the molecule is CC(CN)Cc1nnnn1C12CC3CC(CC(C3)C1)C2. The average Bonchev–Trinajstić information content (AvgIpc) is 2.86. The summed E-state index contributed by atoms with van der Waals surface area (Å²) in [5.41, 5.74) is 6.01. The minimum atomic E-state index is 0.238. The van der Waals surface area contributed by atoms with Crippen molar-refractivity contribution in [3.05, 3.63) is 5.82 Å². The number of nitrogens with zero attached hydrogens (tertiary/aromatic N) is 4. The monoisotopic (exact) mass is 275 g/mol. The summed E-state index contributed by atoms with van der Waals surface area (Å²) >= 11 is 0. The van der Waals surface area contributed by atoms with E-state index in [2.05, 4.69) is 27.1 Å². The number of rotatable bonds is 4. The van der Waals surface area contributed by atoms with Crippen molar-refractivity contribution in [2.75, 3.05) is 6.54 Å². The first kappa shape index (κ1) is 12.7. The Hall–Kier alpha value is -0.970. The molecule has 1 unspecified atom stereocenters. The summed E-state index contributed by atoms with van der Waals surface area (Å²) in [5, 5.41) is 12.7. The zero-order valence-corrected chi connectivity index (χ0v) is 12.3. The Bertz CT molecular complexity index is 459. The van der Waals surface area contributed by atoms with Gasteiger partial charge in [-0.1, -0.05) is 6.92 Å². The van der Waals surface area contributed by atoms with Gasteiger partial charge in [-0.05, 0) is 79.2 Å². The van der Waals surface area contributed by atoms with E-state index in [1.807, 2.05) is 0 Å². The van der Waals surface area contributed by atoms with Crippen molar-refractivity contribution in [1.29, 1.82) is 0 Å². The Morgan fingerprint density at radius 1 is 1.20 bits per heavy atom. The summed E-state index contributed by atoms with van der Waals surface area (Å²) in [6.07, 6.45) is 9.17. The van der Waals surface area contributed by atoms with Gasteiger partial charge in [-0.25, -0.2) is 4.68 Å². The van der Waals surface area contributed by atoms with Crippen molar-refractivity contribution >= 4 is 0 Å². The molecule has 4 fully saturated rings. The lowest BCUT2D eigenvalue weighted by molar-refractivity contribution is -0.0518. The van der Waals surface area contributed by atoms with E-state index in [1.165, 1.54) is 38.5 Å². The fourth-order valence-electron chi connectivity index (χ4n) is 5.42. The lowest BCUT2D eigenvalue weighted by atomic mass is 9.53. The quantitative estimate of drug-likeness (QED) is 0.908. The molecule has 0 spiro atoms. The molecule has 0 aromatic carbocycles. The van der Waals surface area contributed by atoms with Gasteiger partial charge in [-0.15, -0.1) is 5.10 Å². The summed E-state index contributed by atoms with van der Waals surface area (Å²) in [7, 11) is 0. The van der Waals surface area contributed by atoms with Crippen LogP contribution in [-0.2, 0) is 12.0 Å². The molecule has 1 atom stereocenters. The molecule has 4 aliphatic rings. The van der Waals surface area contributed by atoms with E-state index in [9.17, 15) is 0 Å². The van der Waals surface area contributed by atoms with Crippen LogP contribution in [0.25, 0.3) is 0 Å². The third-order valence-electron chi connectivity index (χ3n) is 5.92. The van der Waals surface area contributed by atoms with E-state index in [0.29, 0.717) is 12.5 Å². The zero-order valence-electron chi connectivity index (χ0n) is 12.3. The Kier molecular flexibility index (Phi) is 2.88. The summed E-state index contributed by atoms with van der Waals surface area (Å²) in [6, 6.07) is 0. The molecular formula is C15H25N5. The molecule has 5 heteroatoms. The van der Waals surface area contributed by atoms with Crippen LogP contribution < -0.4 is 5.73 Å². The summed E-state index contributed by atoms with van der Waals surface area (Å²) in [6.45, 7) is 2.88. The lowest BCUT2D eigenvalue weighted by Gasteiger charge is -2.56. The standard InChI is InChI=1S/C15H25N5/c1-10(9-16)2-14-17-18-19-20(14)15-6-11-3-12(7-15)5-13(4-11)8-15/h10-13H,2-9,16H2,1H3. The molecule has 0 radical (unpaired) electrons. The van der Waals surface area contributed by atoms with Gasteiger partial charge in [0.1, 0.15) is 0 Å². The molecule has 110 valence electrons. The number of hydrogen-bond acceptors (Lipinski definition) is 4. The van der Waals surface area contributed by atoms with Crippen LogP contribution in [0.2, 0.25) is 0 Å². The molecule has 5 rings (SSSR count). The second-order valence-corrected chi connectivity index (χ2v) is 7.69. The smallest absolute Gasteiger partial charge is 0.152 e. The molecule has 1 aromatic rings. The van der Waals surface area contributed by atoms with Gasteiger partial charge < -0.3 is 5.73 Å². The molecule has 0 saturated heterocycles. The van der Waals surface area contributed by atoms with Gasteiger partial charge in [0.25, 0.3) is 0 Å². The van der Waals surface area contributed by atoms with Crippen LogP contribution in [0.4, 0.5) is 0 Å². The molecule has 0 aliphatic heterocycles. The van der Waals surface area contributed by atoms with Gasteiger partial charge in [-0.3, -0.25) is 0 Å². The molecule has 2 N–H and O–H groups in total. The van der Waals surface area contributed by atoms with E-state index in [1.54, 1.807) is 0 Å². The van der Waals surface area contributed by atoms with Crippen molar-refractivity contribution in [2.45, 2.75) is 57.4 Å². The molecular weight excluding hydrogens is 250 g/mol. The Balaban J connectivity index is 1.65. The van der Waals surface area contributed by atoms with Crippen molar-refractivity contribution < 1.29 is 0 Å². The first-order valence-electron chi connectivity index (χ1n) is 8.16. The van der Waals surface area contributed by atoms with Crippen LogP contribution in [0, 0.1) is 23.7 Å². The van der Waals surface area contributed by atoms with Crippen molar-refractivity contribution in [3.63, 3.8) is 0 Å². The van der Waals surface area contributed by atoms with E-state index >= 15 is 0 Å². The van der Waals surface area contributed by atoms with Gasteiger partial charge in [0, 0.05) is 6.42 Å². The number of hydrogen-bond donors (Lipinski definition) is 1. The number of aromatic nitrogens is 4. The van der Waals surface area contributed by atoms with Gasteiger partial charge in [-0.2, -0.15) is 0 Å². The van der Waals surface area contributed by atoms with Crippen LogP contribution >= 0.6 is 0 Å². The molecule has 1 heterocycles. The van der Waals surface area contributed by atoms with Crippen molar-refractivity contribution in [3.8, 4) is 0 Å². The molecule has 4 bridgehead atoms. The topological polar surface area (TPSA) is 69.6 Å². The third kappa shape index (κ3) is 1.90. The fourth-order valence-corrected chi connectivity index (χ4v) is 5.42. The fraction of sp³-hybridized carbons (Fsp3) is 0.933. The molecule has 4 aliphatic carbocycles. The summed E-state index contributed by atoms with van der Waals surface area (Å²) in [4.78, 5) is 0. The number of tetrazole rings is 1. The first-order valence-corrected chi connectivity index (χ1v) is 8.16. The minimum Gasteiger partial charge on any atom is -0.330 e. The first-order chi connectivity index (χ1) is 9.68. The van der Waals surface area contributed by atoms with Crippen LogP contribution in [0.5, 0.6) is 0 Å². The molecule has 4 saturated carbocycles. The maximum atomic E-state index is 5.77. The summed E-state index contributed by atoms with van der Waals surface area (Å²) < 4.78 is 2.21. The number of nitrogens with two attached hydrogens (primary N) is 1. The lowest BCUT2D eigenvalue weighted by Crippen LogP contribution is -2.52. The normalized spacial score (nSPS) is 40.2. The van der Waals surface area contributed by atoms with Crippen LogP contribution in [-0.4, -0.2) is 26.8 Å². The van der Waals surface area contributed by atoms with Gasteiger partial charge in [0.15, 0.2) is 5.82 Å². The van der Waals surface area contributed by atoms with Crippen LogP contribution in [0.15, 0.2) is 0 Å². The third-order valence-corrected chi connectivity index (χ3v) is 5.92. The highest BCUT2D eigenvalue weighted by Gasteiger charge is 2.53. The van der Waals surface area contributed by atoms with Crippen LogP contribution in [0.3, 0.4) is 0 Å². The molecule has 0 amide bonds. The molecule has 1 aromatic heterocycles. The Morgan fingerprint density at radius 3 is 2.35 bits per heavy atom. The highest BCUT2D eigenvalue weighted by Crippen LogP contribution is 2.58.